The number of carbonyl (C=O) groups is 1. The number of nitrogens with zero attached hydrogens (tertiary/aromatic N) is 1. The quantitative estimate of drug-likeness (QED) is 0.396. The minimum atomic E-state index is -1.64. The number of benzene rings is 2. The van der Waals surface area contributed by atoms with Gasteiger partial charge >= 0.3 is 0 Å². The summed E-state index contributed by atoms with van der Waals surface area (Å²) in [5.41, 5.74) is 0.364. The van der Waals surface area contributed by atoms with Crippen LogP contribution in [0.5, 0.6) is 0 Å². The standard InChI is InChI=1S/C18H18ClF3N4O/c1-2-23-18(24-9-11-5-3-4-6-12(11)19)25-10-15(27)26-14-8-7-13(20)16(21)17(14)22/h3-8H,2,9-10H2,1H3,(H,26,27)(H2,23,24,25). The van der Waals surface area contributed by atoms with Crippen molar-refractivity contribution in [1.82, 2.24) is 10.6 Å². The molecule has 27 heavy (non-hydrogen) atoms. The van der Waals surface area contributed by atoms with E-state index in [-0.39, 0.29) is 13.1 Å². The molecule has 0 unspecified atom stereocenters. The molecule has 0 saturated carbocycles. The van der Waals surface area contributed by atoms with Crippen LogP contribution in [0.15, 0.2) is 41.4 Å². The molecule has 0 spiro atoms. The first-order valence-electron chi connectivity index (χ1n) is 8.11. The number of hydrogen-bond acceptors (Lipinski definition) is 2. The number of nitrogens with one attached hydrogen (secondary N) is 3. The molecule has 0 aliphatic carbocycles. The maximum Gasteiger partial charge on any atom is 0.243 e. The van der Waals surface area contributed by atoms with Gasteiger partial charge in [0.2, 0.25) is 5.91 Å². The van der Waals surface area contributed by atoms with Crippen LogP contribution in [0.1, 0.15) is 12.5 Å². The Labute approximate surface area is 159 Å². The van der Waals surface area contributed by atoms with Gasteiger partial charge in [-0.2, -0.15) is 0 Å². The molecular weight excluding hydrogens is 381 g/mol. The number of halogens is 4. The van der Waals surface area contributed by atoms with Gasteiger partial charge in [-0.1, -0.05) is 29.8 Å². The van der Waals surface area contributed by atoms with Gasteiger partial charge < -0.3 is 16.0 Å². The minimum absolute atomic E-state index is 0.257. The predicted molar refractivity (Wildman–Crippen MR) is 99.2 cm³/mol. The summed E-state index contributed by atoms with van der Waals surface area (Å²) in [6, 6.07) is 8.89. The number of guanidine groups is 1. The van der Waals surface area contributed by atoms with Gasteiger partial charge in [-0.25, -0.2) is 18.2 Å². The van der Waals surface area contributed by atoms with Crippen LogP contribution in [0.25, 0.3) is 0 Å². The summed E-state index contributed by atoms with van der Waals surface area (Å²) in [7, 11) is 0. The summed E-state index contributed by atoms with van der Waals surface area (Å²) in [5, 5.41) is 8.47. The number of rotatable bonds is 6. The summed E-state index contributed by atoms with van der Waals surface area (Å²) in [5.74, 6) is -4.73. The van der Waals surface area contributed by atoms with E-state index < -0.39 is 29.0 Å². The summed E-state index contributed by atoms with van der Waals surface area (Å²) in [6.07, 6.45) is 0. The molecule has 0 aliphatic heterocycles. The normalized spacial score (nSPS) is 11.2. The second kappa shape index (κ2) is 9.82. The first kappa shape index (κ1) is 20.6. The maximum absolute atomic E-state index is 13.6. The number of carbonyl (C=O) groups excluding carboxylic acids is 1. The van der Waals surface area contributed by atoms with Crippen molar-refractivity contribution >= 4 is 29.2 Å². The van der Waals surface area contributed by atoms with Crippen molar-refractivity contribution in [3.8, 4) is 0 Å². The zero-order valence-electron chi connectivity index (χ0n) is 14.5. The Balaban J connectivity index is 1.97. The van der Waals surface area contributed by atoms with Crippen LogP contribution >= 0.6 is 11.6 Å². The number of amides is 1. The second-order valence-corrected chi connectivity index (χ2v) is 5.82. The number of hydrogen-bond donors (Lipinski definition) is 3. The highest BCUT2D eigenvalue weighted by Gasteiger charge is 2.15. The highest BCUT2D eigenvalue weighted by Crippen LogP contribution is 2.19. The molecule has 2 aromatic carbocycles. The maximum atomic E-state index is 13.6. The molecule has 144 valence electrons. The zero-order valence-corrected chi connectivity index (χ0v) is 15.2. The van der Waals surface area contributed by atoms with Crippen molar-refractivity contribution in [2.24, 2.45) is 4.99 Å². The van der Waals surface area contributed by atoms with E-state index in [9.17, 15) is 18.0 Å². The van der Waals surface area contributed by atoms with Gasteiger partial charge in [-0.15, -0.1) is 0 Å². The van der Waals surface area contributed by atoms with E-state index in [1.807, 2.05) is 19.1 Å². The molecule has 0 aromatic heterocycles. The van der Waals surface area contributed by atoms with Crippen LogP contribution in [0.3, 0.4) is 0 Å². The molecule has 2 aromatic rings. The Morgan fingerprint density at radius 1 is 1.07 bits per heavy atom. The van der Waals surface area contributed by atoms with Crippen molar-refractivity contribution < 1.29 is 18.0 Å². The Hall–Kier alpha value is -2.74. The fraction of sp³-hybridized carbons (Fsp3) is 0.222. The molecular formula is C18H18ClF3N4O. The lowest BCUT2D eigenvalue weighted by molar-refractivity contribution is -0.115. The fourth-order valence-electron chi connectivity index (χ4n) is 2.11. The summed E-state index contributed by atoms with van der Waals surface area (Å²) in [4.78, 5) is 16.3. The van der Waals surface area contributed by atoms with Gasteiger partial charge in [-0.05, 0) is 30.7 Å². The second-order valence-electron chi connectivity index (χ2n) is 5.41. The zero-order chi connectivity index (χ0) is 19.8. The monoisotopic (exact) mass is 398 g/mol. The highest BCUT2D eigenvalue weighted by atomic mass is 35.5. The van der Waals surface area contributed by atoms with Crippen molar-refractivity contribution in [1.29, 1.82) is 0 Å². The smallest absolute Gasteiger partial charge is 0.243 e. The van der Waals surface area contributed by atoms with Crippen molar-refractivity contribution in [2.75, 3.05) is 18.4 Å². The molecule has 0 atom stereocenters. The van der Waals surface area contributed by atoms with Crippen LogP contribution in [0, 0.1) is 17.5 Å². The third kappa shape index (κ3) is 5.89. The van der Waals surface area contributed by atoms with Crippen molar-refractivity contribution in [2.45, 2.75) is 13.5 Å². The third-order valence-electron chi connectivity index (χ3n) is 3.44. The fourth-order valence-corrected chi connectivity index (χ4v) is 2.31. The first-order chi connectivity index (χ1) is 12.9. The van der Waals surface area contributed by atoms with E-state index in [0.29, 0.717) is 17.5 Å². The van der Waals surface area contributed by atoms with Crippen LogP contribution in [0.2, 0.25) is 5.02 Å². The molecule has 5 nitrogen and oxygen atoms in total. The van der Waals surface area contributed by atoms with Crippen molar-refractivity contribution in [3.05, 3.63) is 64.4 Å². The Morgan fingerprint density at radius 2 is 1.81 bits per heavy atom. The lowest BCUT2D eigenvalue weighted by atomic mass is 10.2. The van der Waals surface area contributed by atoms with Crippen molar-refractivity contribution in [3.63, 3.8) is 0 Å². The van der Waals surface area contributed by atoms with Gasteiger partial charge in [0, 0.05) is 11.6 Å². The molecule has 9 heteroatoms. The van der Waals surface area contributed by atoms with Crippen LogP contribution in [-0.2, 0) is 11.3 Å². The van der Waals surface area contributed by atoms with E-state index in [4.69, 9.17) is 11.6 Å². The Kier molecular flexibility index (Phi) is 7.48. The third-order valence-corrected chi connectivity index (χ3v) is 3.80. The van der Waals surface area contributed by atoms with Gasteiger partial charge in [0.15, 0.2) is 23.4 Å². The summed E-state index contributed by atoms with van der Waals surface area (Å²) in [6.45, 7) is 2.43. The Bertz CT molecular complexity index is 845. The number of aliphatic imine (C=N–C) groups is 1. The lowest BCUT2D eigenvalue weighted by Crippen LogP contribution is -2.41. The molecule has 0 saturated heterocycles. The molecule has 1 amide bonds. The molecule has 3 N–H and O–H groups in total. The van der Waals surface area contributed by atoms with E-state index in [0.717, 1.165) is 17.7 Å². The predicted octanol–water partition coefficient (Wildman–Crippen LogP) is 3.45. The average molecular weight is 399 g/mol. The summed E-state index contributed by atoms with van der Waals surface area (Å²) >= 11 is 6.07. The topological polar surface area (TPSA) is 65.5 Å². The lowest BCUT2D eigenvalue weighted by Gasteiger charge is -2.12. The molecule has 0 fully saturated rings. The minimum Gasteiger partial charge on any atom is -0.357 e. The largest absolute Gasteiger partial charge is 0.357 e. The van der Waals surface area contributed by atoms with Crippen LogP contribution < -0.4 is 16.0 Å². The van der Waals surface area contributed by atoms with Gasteiger partial charge in [-0.3, -0.25) is 4.79 Å². The number of anilines is 1. The molecule has 0 heterocycles. The van der Waals surface area contributed by atoms with E-state index in [2.05, 4.69) is 20.9 Å². The van der Waals surface area contributed by atoms with E-state index in [1.165, 1.54) is 0 Å². The molecule has 0 aliphatic rings. The molecule has 2 rings (SSSR count). The molecule has 0 bridgehead atoms. The summed E-state index contributed by atoms with van der Waals surface area (Å²) < 4.78 is 39.7. The van der Waals surface area contributed by atoms with Gasteiger partial charge in [0.1, 0.15) is 0 Å². The van der Waals surface area contributed by atoms with Crippen LogP contribution in [0.4, 0.5) is 18.9 Å². The van der Waals surface area contributed by atoms with Gasteiger partial charge in [0.05, 0.1) is 18.8 Å². The Morgan fingerprint density at radius 3 is 2.52 bits per heavy atom. The first-order valence-corrected chi connectivity index (χ1v) is 8.49. The average Bonchev–Trinajstić information content (AvgIpc) is 2.65. The van der Waals surface area contributed by atoms with Gasteiger partial charge in [0.25, 0.3) is 0 Å². The van der Waals surface area contributed by atoms with E-state index in [1.54, 1.807) is 12.1 Å². The highest BCUT2D eigenvalue weighted by molar-refractivity contribution is 6.31. The van der Waals surface area contributed by atoms with E-state index >= 15 is 0 Å². The molecule has 0 radical (unpaired) electrons. The SMILES string of the molecule is CCNC(=NCc1ccccc1Cl)NCC(=O)Nc1ccc(F)c(F)c1F. The van der Waals surface area contributed by atoms with Crippen LogP contribution in [-0.4, -0.2) is 25.0 Å².